The molecule has 1 N–H and O–H groups in total. The third-order valence-corrected chi connectivity index (χ3v) is 3.48. The largest absolute Gasteiger partial charge is 0.317 e. The van der Waals surface area contributed by atoms with Crippen LogP contribution in [-0.4, -0.2) is 25.1 Å². The molecule has 1 rings (SSSR count). The van der Waals surface area contributed by atoms with Crippen molar-refractivity contribution in [3.8, 4) is 0 Å². The maximum Gasteiger partial charge on any atom is 0.141 e. The molecule has 0 saturated carbocycles. The number of nitrogens with one attached hydrogen (secondary N) is 1. The van der Waals surface area contributed by atoms with Gasteiger partial charge in [0.2, 0.25) is 0 Å². The molecular formula is C12H17ClFNS. The summed E-state index contributed by atoms with van der Waals surface area (Å²) < 4.78 is 13.0. The maximum absolute atomic E-state index is 13.0. The minimum Gasteiger partial charge on any atom is -0.317 e. The van der Waals surface area contributed by atoms with E-state index >= 15 is 0 Å². The van der Waals surface area contributed by atoms with Crippen molar-refractivity contribution in [2.75, 3.05) is 19.1 Å². The van der Waals surface area contributed by atoms with Crippen LogP contribution < -0.4 is 5.32 Å². The number of benzene rings is 1. The van der Waals surface area contributed by atoms with Gasteiger partial charge in [0, 0.05) is 6.04 Å². The number of thioether (sulfide) groups is 1. The average molecular weight is 262 g/mol. The molecule has 0 aromatic heterocycles. The monoisotopic (exact) mass is 261 g/mol. The summed E-state index contributed by atoms with van der Waals surface area (Å²) in [4.78, 5) is 0. The highest BCUT2D eigenvalue weighted by atomic mass is 35.5. The molecule has 0 saturated heterocycles. The van der Waals surface area contributed by atoms with E-state index in [-0.39, 0.29) is 10.8 Å². The third kappa shape index (κ3) is 4.32. The van der Waals surface area contributed by atoms with Crippen LogP contribution in [0.15, 0.2) is 18.2 Å². The van der Waals surface area contributed by atoms with Crippen molar-refractivity contribution >= 4 is 23.4 Å². The summed E-state index contributed by atoms with van der Waals surface area (Å²) in [6.45, 7) is 0. The van der Waals surface area contributed by atoms with E-state index in [1.165, 1.54) is 6.07 Å². The van der Waals surface area contributed by atoms with Crippen LogP contribution >= 0.6 is 23.4 Å². The molecule has 0 bridgehead atoms. The zero-order chi connectivity index (χ0) is 12.0. The molecule has 0 aliphatic rings. The molecule has 1 unspecified atom stereocenters. The summed E-state index contributed by atoms with van der Waals surface area (Å²) in [6, 6.07) is 5.36. The van der Waals surface area contributed by atoms with Crippen molar-refractivity contribution in [1.82, 2.24) is 5.32 Å². The van der Waals surface area contributed by atoms with Crippen molar-refractivity contribution in [3.05, 3.63) is 34.6 Å². The molecule has 16 heavy (non-hydrogen) atoms. The quantitative estimate of drug-likeness (QED) is 0.843. The molecule has 90 valence electrons. The topological polar surface area (TPSA) is 12.0 Å². The van der Waals surface area contributed by atoms with Gasteiger partial charge in [0.15, 0.2) is 0 Å². The Balaban J connectivity index is 2.59. The van der Waals surface area contributed by atoms with Crippen LogP contribution in [0.25, 0.3) is 0 Å². The van der Waals surface area contributed by atoms with Gasteiger partial charge in [0.05, 0.1) is 5.02 Å². The molecule has 0 amide bonds. The van der Waals surface area contributed by atoms with E-state index in [1.54, 1.807) is 12.1 Å². The highest BCUT2D eigenvalue weighted by molar-refractivity contribution is 7.98. The maximum atomic E-state index is 13.0. The van der Waals surface area contributed by atoms with Crippen LogP contribution in [0.3, 0.4) is 0 Å². The first-order valence-corrected chi connectivity index (χ1v) is 7.04. The zero-order valence-corrected chi connectivity index (χ0v) is 11.2. The third-order valence-electron chi connectivity index (χ3n) is 2.54. The smallest absolute Gasteiger partial charge is 0.141 e. The molecule has 0 heterocycles. The number of likely N-dealkylation sites (N-methyl/N-ethyl adjacent to an activating group) is 1. The van der Waals surface area contributed by atoms with E-state index in [4.69, 9.17) is 11.6 Å². The lowest BCUT2D eigenvalue weighted by molar-refractivity contribution is 0.546. The van der Waals surface area contributed by atoms with Gasteiger partial charge in [-0.15, -0.1) is 0 Å². The summed E-state index contributed by atoms with van der Waals surface area (Å²) in [5.41, 5.74) is 1.08. The van der Waals surface area contributed by atoms with Crippen molar-refractivity contribution in [2.45, 2.75) is 18.9 Å². The van der Waals surface area contributed by atoms with Crippen LogP contribution in [0, 0.1) is 5.82 Å². The lowest BCUT2D eigenvalue weighted by atomic mass is 10.0. The summed E-state index contributed by atoms with van der Waals surface area (Å²) in [7, 11) is 1.95. The second-order valence-electron chi connectivity index (χ2n) is 3.72. The van der Waals surface area contributed by atoms with Crippen LogP contribution in [0.1, 0.15) is 12.0 Å². The average Bonchev–Trinajstić information content (AvgIpc) is 2.29. The molecule has 1 atom stereocenters. The molecule has 0 spiro atoms. The van der Waals surface area contributed by atoms with Gasteiger partial charge < -0.3 is 5.32 Å². The van der Waals surface area contributed by atoms with Gasteiger partial charge in [-0.3, -0.25) is 0 Å². The Hall–Kier alpha value is -0.250. The minimum absolute atomic E-state index is 0.206. The second-order valence-corrected chi connectivity index (χ2v) is 5.11. The van der Waals surface area contributed by atoms with E-state index < -0.39 is 0 Å². The van der Waals surface area contributed by atoms with E-state index in [9.17, 15) is 4.39 Å². The van der Waals surface area contributed by atoms with Gasteiger partial charge >= 0.3 is 0 Å². The zero-order valence-electron chi connectivity index (χ0n) is 9.59. The van der Waals surface area contributed by atoms with Gasteiger partial charge in [-0.05, 0) is 49.6 Å². The Morgan fingerprint density at radius 3 is 2.81 bits per heavy atom. The fourth-order valence-electron chi connectivity index (χ4n) is 1.56. The number of hydrogen-bond acceptors (Lipinski definition) is 2. The van der Waals surface area contributed by atoms with E-state index in [1.807, 2.05) is 18.8 Å². The summed E-state index contributed by atoms with van der Waals surface area (Å²) in [5, 5.41) is 3.48. The first-order valence-electron chi connectivity index (χ1n) is 5.27. The van der Waals surface area contributed by atoms with Crippen molar-refractivity contribution in [1.29, 1.82) is 0 Å². The second kappa shape index (κ2) is 7.15. The Labute approximate surface area is 106 Å². The Kier molecular flexibility index (Phi) is 6.17. The highest BCUT2D eigenvalue weighted by Gasteiger charge is 2.08. The fraction of sp³-hybridized carbons (Fsp3) is 0.500. The van der Waals surface area contributed by atoms with Crippen molar-refractivity contribution < 1.29 is 4.39 Å². The molecule has 1 aromatic carbocycles. The van der Waals surface area contributed by atoms with Gasteiger partial charge in [0.25, 0.3) is 0 Å². The molecule has 1 aromatic rings. The first kappa shape index (κ1) is 13.8. The van der Waals surface area contributed by atoms with E-state index in [0.29, 0.717) is 6.04 Å². The molecular weight excluding hydrogens is 245 g/mol. The standard InChI is InChI=1S/C12H17ClFNS/c1-15-10(5-6-16-2)7-9-3-4-12(14)11(13)8-9/h3-4,8,10,15H,5-7H2,1-2H3. The molecule has 0 radical (unpaired) electrons. The van der Waals surface area contributed by atoms with Gasteiger partial charge in [-0.2, -0.15) is 11.8 Å². The van der Waals surface area contributed by atoms with Gasteiger partial charge in [-0.25, -0.2) is 4.39 Å². The lowest BCUT2D eigenvalue weighted by Gasteiger charge is -2.15. The Morgan fingerprint density at radius 2 is 2.25 bits per heavy atom. The molecule has 4 heteroatoms. The normalized spacial score (nSPS) is 12.8. The SMILES string of the molecule is CNC(CCSC)Cc1ccc(F)c(Cl)c1. The summed E-state index contributed by atoms with van der Waals surface area (Å²) in [5.74, 6) is 0.774. The fourth-order valence-corrected chi connectivity index (χ4v) is 2.28. The van der Waals surface area contributed by atoms with Crippen molar-refractivity contribution in [2.24, 2.45) is 0 Å². The first-order chi connectivity index (χ1) is 7.67. The van der Waals surface area contributed by atoms with Crippen LogP contribution in [-0.2, 0) is 6.42 Å². The molecule has 0 fully saturated rings. The predicted molar refractivity (Wildman–Crippen MR) is 71.0 cm³/mol. The van der Waals surface area contributed by atoms with E-state index in [2.05, 4.69) is 11.6 Å². The Morgan fingerprint density at radius 1 is 1.50 bits per heavy atom. The van der Waals surface area contributed by atoms with Crippen LogP contribution in [0.4, 0.5) is 4.39 Å². The van der Waals surface area contributed by atoms with E-state index in [0.717, 1.165) is 24.2 Å². The number of hydrogen-bond donors (Lipinski definition) is 1. The van der Waals surface area contributed by atoms with Crippen molar-refractivity contribution in [3.63, 3.8) is 0 Å². The molecule has 0 aliphatic carbocycles. The number of halogens is 2. The highest BCUT2D eigenvalue weighted by Crippen LogP contribution is 2.17. The van der Waals surface area contributed by atoms with Gasteiger partial charge in [-0.1, -0.05) is 17.7 Å². The molecule has 0 aliphatic heterocycles. The van der Waals surface area contributed by atoms with Crippen LogP contribution in [0.5, 0.6) is 0 Å². The Bertz CT molecular complexity index is 333. The lowest BCUT2D eigenvalue weighted by Crippen LogP contribution is -2.28. The van der Waals surface area contributed by atoms with Crippen LogP contribution in [0.2, 0.25) is 5.02 Å². The minimum atomic E-state index is -0.351. The summed E-state index contributed by atoms with van der Waals surface area (Å²) in [6.07, 6.45) is 4.09. The number of rotatable bonds is 6. The molecule has 1 nitrogen and oxygen atoms in total. The van der Waals surface area contributed by atoms with Gasteiger partial charge in [0.1, 0.15) is 5.82 Å². The predicted octanol–water partition coefficient (Wildman–Crippen LogP) is 3.36. The summed E-state index contributed by atoms with van der Waals surface area (Å²) >= 11 is 7.58.